The zero-order valence-electron chi connectivity index (χ0n) is 17.6. The fourth-order valence-electron chi connectivity index (χ4n) is 4.22. The number of aliphatic hydroxyl groups is 1. The van der Waals surface area contributed by atoms with E-state index in [1.54, 1.807) is 0 Å². The molecule has 0 saturated carbocycles. The van der Waals surface area contributed by atoms with Gasteiger partial charge in [-0.2, -0.15) is 0 Å². The van der Waals surface area contributed by atoms with E-state index in [1.165, 1.54) is 12.1 Å². The second-order valence-electron chi connectivity index (χ2n) is 9.38. The van der Waals surface area contributed by atoms with Gasteiger partial charge < -0.3 is 14.9 Å². The Morgan fingerprint density at radius 1 is 1.14 bits per heavy atom. The lowest BCUT2D eigenvalue weighted by Crippen LogP contribution is -2.46. The van der Waals surface area contributed by atoms with Gasteiger partial charge in [0, 0.05) is 18.4 Å². The third-order valence-corrected chi connectivity index (χ3v) is 6.37. The maximum absolute atomic E-state index is 12.2. The van der Waals surface area contributed by atoms with Crippen LogP contribution in [0, 0.1) is 18.3 Å². The average Bonchev–Trinajstić information content (AvgIpc) is 2.70. The minimum absolute atomic E-state index is 0.000751. The van der Waals surface area contributed by atoms with Crippen molar-refractivity contribution in [3.05, 3.63) is 57.3 Å². The molecule has 1 heterocycles. The Hall–Kier alpha value is -2.07. The molecule has 0 spiro atoms. The van der Waals surface area contributed by atoms with Gasteiger partial charge >= 0.3 is 0 Å². The van der Waals surface area contributed by atoms with Crippen molar-refractivity contribution < 1.29 is 14.9 Å². The summed E-state index contributed by atoms with van der Waals surface area (Å²) in [6.45, 7) is 10.3. The van der Waals surface area contributed by atoms with Gasteiger partial charge in [-0.25, -0.2) is 0 Å². The standard InChI is InChI=1S/C24H32O4/c1-15-7-10-23(3,4)8-6-9-24(5)17(13-19(15)25)12-18-16(2)11-20(26)21(27)14-22(18)28-24/h6-8,11,14,17,19,25H,9-10,12-13H2,1-5H3,(H,26,27)/t17-,19-,24-/m0/s1. The van der Waals surface area contributed by atoms with E-state index in [4.69, 9.17) is 4.74 Å². The van der Waals surface area contributed by atoms with E-state index in [2.05, 4.69) is 39.0 Å². The summed E-state index contributed by atoms with van der Waals surface area (Å²) < 4.78 is 6.43. The Balaban J connectivity index is 2.09. The molecule has 2 N–H and O–H groups in total. The van der Waals surface area contributed by atoms with E-state index in [1.807, 2.05) is 13.8 Å². The van der Waals surface area contributed by atoms with Crippen LogP contribution in [-0.2, 0) is 6.42 Å². The van der Waals surface area contributed by atoms with Crippen LogP contribution in [0.2, 0.25) is 0 Å². The van der Waals surface area contributed by atoms with Crippen LogP contribution in [0.1, 0.15) is 58.1 Å². The highest BCUT2D eigenvalue weighted by Gasteiger charge is 2.42. The average molecular weight is 385 g/mol. The number of aryl methyl sites for hydroxylation is 1. The molecule has 0 amide bonds. The summed E-state index contributed by atoms with van der Waals surface area (Å²) in [5.74, 6) is 0.372. The number of hydrogen-bond donors (Lipinski definition) is 2. The monoisotopic (exact) mass is 384 g/mol. The topological polar surface area (TPSA) is 66.8 Å². The Kier molecular flexibility index (Phi) is 5.46. The fraction of sp³-hybridized carbons (Fsp3) is 0.542. The lowest BCUT2D eigenvalue weighted by atomic mass is 9.75. The van der Waals surface area contributed by atoms with Gasteiger partial charge in [0.25, 0.3) is 0 Å². The lowest BCUT2D eigenvalue weighted by Gasteiger charge is -2.43. The molecule has 1 aliphatic heterocycles. The first kappa shape index (κ1) is 20.7. The number of hydrogen-bond acceptors (Lipinski definition) is 4. The SMILES string of the molecule is CC1=CCC(C)(C)C=CC[C@]2(C)Oc3cc(=O)c(O)cc(C)c3C[C@H]2C[C@@H]1O. The van der Waals surface area contributed by atoms with E-state index in [0.717, 1.165) is 23.1 Å². The molecule has 0 saturated heterocycles. The Morgan fingerprint density at radius 3 is 2.57 bits per heavy atom. The van der Waals surface area contributed by atoms with Gasteiger partial charge in [0.2, 0.25) is 5.43 Å². The molecule has 2 aliphatic rings. The van der Waals surface area contributed by atoms with Crippen molar-refractivity contribution >= 4 is 0 Å². The molecule has 1 aliphatic carbocycles. The molecule has 0 unspecified atom stereocenters. The summed E-state index contributed by atoms with van der Waals surface area (Å²) in [5, 5.41) is 20.8. The van der Waals surface area contributed by atoms with E-state index in [-0.39, 0.29) is 17.1 Å². The molecule has 0 aromatic heterocycles. The molecule has 1 aromatic carbocycles. The summed E-state index contributed by atoms with van der Waals surface area (Å²) in [4.78, 5) is 12.2. The minimum Gasteiger partial charge on any atom is -0.504 e. The number of aliphatic hydroxyl groups excluding tert-OH is 1. The molecule has 4 nitrogen and oxygen atoms in total. The molecule has 0 fully saturated rings. The molecule has 3 rings (SSSR count). The van der Waals surface area contributed by atoms with Crippen LogP contribution in [0.15, 0.2) is 40.7 Å². The first-order valence-electron chi connectivity index (χ1n) is 10.1. The molecule has 3 atom stereocenters. The minimum atomic E-state index is -0.534. The van der Waals surface area contributed by atoms with Crippen molar-refractivity contribution in [3.63, 3.8) is 0 Å². The number of ether oxygens (including phenoxy) is 1. The van der Waals surface area contributed by atoms with Crippen molar-refractivity contribution in [2.45, 2.75) is 72.0 Å². The van der Waals surface area contributed by atoms with Crippen molar-refractivity contribution in [3.8, 4) is 11.5 Å². The molecule has 28 heavy (non-hydrogen) atoms. The maximum Gasteiger partial charge on any atom is 0.223 e. The van der Waals surface area contributed by atoms with E-state index in [9.17, 15) is 15.0 Å². The van der Waals surface area contributed by atoms with Crippen molar-refractivity contribution in [2.24, 2.45) is 11.3 Å². The first-order chi connectivity index (χ1) is 13.0. The van der Waals surface area contributed by atoms with Crippen LogP contribution >= 0.6 is 0 Å². The van der Waals surface area contributed by atoms with Crippen LogP contribution in [0.4, 0.5) is 0 Å². The smallest absolute Gasteiger partial charge is 0.223 e. The predicted molar refractivity (Wildman–Crippen MR) is 112 cm³/mol. The number of rotatable bonds is 0. The third-order valence-electron chi connectivity index (χ3n) is 6.37. The summed E-state index contributed by atoms with van der Waals surface area (Å²) in [6, 6.07) is 2.92. The lowest BCUT2D eigenvalue weighted by molar-refractivity contribution is -0.00739. The summed E-state index contributed by atoms with van der Waals surface area (Å²) >= 11 is 0. The van der Waals surface area contributed by atoms with E-state index in [0.29, 0.717) is 25.0 Å². The van der Waals surface area contributed by atoms with Gasteiger partial charge in [0.1, 0.15) is 11.4 Å². The summed E-state index contributed by atoms with van der Waals surface area (Å²) in [7, 11) is 0. The Morgan fingerprint density at radius 2 is 1.86 bits per heavy atom. The van der Waals surface area contributed by atoms with Gasteiger partial charge in [-0.15, -0.1) is 0 Å². The zero-order valence-corrected chi connectivity index (χ0v) is 17.6. The highest BCUT2D eigenvalue weighted by Crippen LogP contribution is 2.43. The van der Waals surface area contributed by atoms with Crippen molar-refractivity contribution in [1.29, 1.82) is 0 Å². The maximum atomic E-state index is 12.2. The second-order valence-corrected chi connectivity index (χ2v) is 9.38. The molecule has 152 valence electrons. The van der Waals surface area contributed by atoms with Crippen LogP contribution in [0.5, 0.6) is 11.5 Å². The zero-order chi connectivity index (χ0) is 20.7. The largest absolute Gasteiger partial charge is 0.504 e. The van der Waals surface area contributed by atoms with Gasteiger partial charge in [-0.05, 0) is 68.2 Å². The fourth-order valence-corrected chi connectivity index (χ4v) is 4.22. The van der Waals surface area contributed by atoms with E-state index < -0.39 is 17.1 Å². The highest BCUT2D eigenvalue weighted by molar-refractivity contribution is 5.44. The number of allylic oxidation sites excluding steroid dienone is 2. The van der Waals surface area contributed by atoms with Crippen LogP contribution in [0.3, 0.4) is 0 Å². The molecular weight excluding hydrogens is 352 g/mol. The molecule has 1 aromatic rings. The van der Waals surface area contributed by atoms with Crippen LogP contribution in [-0.4, -0.2) is 21.9 Å². The van der Waals surface area contributed by atoms with Gasteiger partial charge in [0.05, 0.1) is 6.10 Å². The summed E-state index contributed by atoms with van der Waals surface area (Å²) in [6.07, 6.45) is 8.88. The van der Waals surface area contributed by atoms with Crippen LogP contribution < -0.4 is 10.2 Å². The number of aromatic hydroxyl groups is 1. The van der Waals surface area contributed by atoms with Gasteiger partial charge in [-0.3, -0.25) is 4.79 Å². The molecule has 0 radical (unpaired) electrons. The molecule has 0 bridgehead atoms. The van der Waals surface area contributed by atoms with Crippen molar-refractivity contribution in [2.75, 3.05) is 0 Å². The Bertz CT molecular complexity index is 881. The number of fused-ring (bicyclic) bond motifs is 2. The highest BCUT2D eigenvalue weighted by atomic mass is 16.5. The molecular formula is C24H32O4. The van der Waals surface area contributed by atoms with Crippen molar-refractivity contribution in [1.82, 2.24) is 0 Å². The summed E-state index contributed by atoms with van der Waals surface area (Å²) in [5.41, 5.74) is 1.80. The quantitative estimate of drug-likeness (QED) is 0.649. The second kappa shape index (κ2) is 7.40. The molecule has 4 heteroatoms. The third kappa shape index (κ3) is 4.17. The van der Waals surface area contributed by atoms with Gasteiger partial charge in [0.15, 0.2) is 5.75 Å². The normalized spacial score (nSPS) is 29.6. The Labute approximate surface area is 167 Å². The van der Waals surface area contributed by atoms with Gasteiger partial charge in [-0.1, -0.05) is 32.1 Å². The first-order valence-corrected chi connectivity index (χ1v) is 10.1. The predicted octanol–water partition coefficient (Wildman–Crippen LogP) is 4.44. The van der Waals surface area contributed by atoms with Crippen LogP contribution in [0.25, 0.3) is 0 Å². The van der Waals surface area contributed by atoms with E-state index >= 15 is 0 Å².